The number of unbranched alkanes of at least 4 members (excludes halogenated alkanes) is 2. The number of cyclic esters (lactones) is 1. The van der Waals surface area contributed by atoms with Gasteiger partial charge in [0, 0.05) is 6.42 Å². The highest BCUT2D eigenvalue weighted by Crippen LogP contribution is 2.09. The van der Waals surface area contributed by atoms with Crippen molar-refractivity contribution in [2.24, 2.45) is 0 Å². The molecule has 1 aliphatic heterocycles. The van der Waals surface area contributed by atoms with Crippen molar-refractivity contribution in [2.45, 2.75) is 39.5 Å². The molecule has 0 aromatic carbocycles. The van der Waals surface area contributed by atoms with Crippen molar-refractivity contribution in [2.75, 3.05) is 13.2 Å². The number of hydrogen-bond acceptors (Lipinski definition) is 3. The second-order valence-corrected chi connectivity index (χ2v) is 4.19. The van der Waals surface area contributed by atoms with E-state index in [1.54, 1.807) is 0 Å². The van der Waals surface area contributed by atoms with Crippen molar-refractivity contribution in [1.82, 2.24) is 4.90 Å². The Kier molecular flexibility index (Phi) is 5.02. The number of imide groups is 1. The lowest BCUT2D eigenvalue weighted by molar-refractivity contribution is -0.127. The molecule has 0 aliphatic carbocycles. The molecule has 0 N–H and O–H groups in total. The lowest BCUT2D eigenvalue weighted by Crippen LogP contribution is -2.31. The van der Waals surface area contributed by atoms with Crippen molar-refractivity contribution in [3.8, 4) is 0 Å². The molecule has 1 heterocycles. The summed E-state index contributed by atoms with van der Waals surface area (Å²) in [5.74, 6) is -0.111. The zero-order valence-electron chi connectivity index (χ0n) is 9.99. The molecule has 0 saturated carbocycles. The predicted molar refractivity (Wildman–Crippen MR) is 61.0 cm³/mol. The molecule has 2 amide bonds. The second kappa shape index (κ2) is 6.30. The summed E-state index contributed by atoms with van der Waals surface area (Å²) < 4.78 is 4.70. The number of hydrogen-bond donors (Lipinski definition) is 0. The van der Waals surface area contributed by atoms with Crippen LogP contribution in [-0.4, -0.2) is 30.1 Å². The maximum Gasteiger partial charge on any atom is 0.416 e. The van der Waals surface area contributed by atoms with E-state index in [1.165, 1.54) is 10.5 Å². The van der Waals surface area contributed by atoms with E-state index in [1.807, 2.05) is 0 Å². The van der Waals surface area contributed by atoms with Crippen LogP contribution in [0.2, 0.25) is 0 Å². The molecule has 90 valence electrons. The van der Waals surface area contributed by atoms with E-state index in [0.717, 1.165) is 19.3 Å². The fourth-order valence-corrected chi connectivity index (χ4v) is 1.57. The van der Waals surface area contributed by atoms with Gasteiger partial charge in [-0.25, -0.2) is 9.69 Å². The molecule has 16 heavy (non-hydrogen) atoms. The Morgan fingerprint density at radius 1 is 1.44 bits per heavy atom. The highest BCUT2D eigenvalue weighted by Gasteiger charge is 2.27. The molecule has 0 spiro atoms. The molecule has 0 aromatic rings. The molecule has 1 aliphatic rings. The Bertz CT molecular complexity index is 293. The molecular weight excluding hydrogens is 206 g/mol. The molecule has 1 rings (SSSR count). The van der Waals surface area contributed by atoms with Gasteiger partial charge in [-0.15, -0.1) is 0 Å². The number of ether oxygens (including phenoxy) is 1. The van der Waals surface area contributed by atoms with Crippen LogP contribution in [0.15, 0.2) is 11.6 Å². The third-order valence-corrected chi connectivity index (χ3v) is 2.46. The largest absolute Gasteiger partial charge is 0.447 e. The van der Waals surface area contributed by atoms with Crippen LogP contribution < -0.4 is 0 Å². The molecule has 4 nitrogen and oxygen atoms in total. The first kappa shape index (κ1) is 12.7. The Labute approximate surface area is 96.3 Å². The third kappa shape index (κ3) is 4.04. The van der Waals surface area contributed by atoms with Crippen LogP contribution in [0.1, 0.15) is 39.5 Å². The van der Waals surface area contributed by atoms with Gasteiger partial charge in [-0.05, 0) is 33.1 Å². The van der Waals surface area contributed by atoms with Crippen molar-refractivity contribution < 1.29 is 14.3 Å². The fraction of sp³-hybridized carbons (Fsp3) is 0.667. The third-order valence-electron chi connectivity index (χ3n) is 2.46. The number of carbonyl (C=O) groups is 2. The first-order chi connectivity index (χ1) is 7.61. The van der Waals surface area contributed by atoms with Crippen LogP contribution in [-0.2, 0) is 9.53 Å². The van der Waals surface area contributed by atoms with E-state index in [2.05, 4.69) is 19.9 Å². The molecule has 0 aromatic heterocycles. The van der Waals surface area contributed by atoms with Crippen LogP contribution in [0.5, 0.6) is 0 Å². The molecule has 0 atom stereocenters. The lowest BCUT2D eigenvalue weighted by atomic mass is 10.1. The highest BCUT2D eigenvalue weighted by atomic mass is 16.6. The highest BCUT2D eigenvalue weighted by molar-refractivity contribution is 5.92. The van der Waals surface area contributed by atoms with Crippen molar-refractivity contribution >= 4 is 12.0 Å². The van der Waals surface area contributed by atoms with Gasteiger partial charge in [0.15, 0.2) is 0 Å². The van der Waals surface area contributed by atoms with Gasteiger partial charge in [-0.1, -0.05) is 11.6 Å². The number of allylic oxidation sites excluding steroid dienone is 2. The van der Waals surface area contributed by atoms with E-state index in [4.69, 9.17) is 4.74 Å². The summed E-state index contributed by atoms with van der Waals surface area (Å²) in [5, 5.41) is 0. The van der Waals surface area contributed by atoms with Crippen LogP contribution >= 0.6 is 0 Å². The van der Waals surface area contributed by atoms with E-state index in [-0.39, 0.29) is 5.91 Å². The van der Waals surface area contributed by atoms with E-state index in [9.17, 15) is 9.59 Å². The maximum absolute atomic E-state index is 11.6. The molecule has 1 fully saturated rings. The number of nitrogens with zero attached hydrogens (tertiary/aromatic N) is 1. The van der Waals surface area contributed by atoms with Gasteiger partial charge < -0.3 is 4.74 Å². The summed E-state index contributed by atoms with van der Waals surface area (Å²) in [6.07, 6.45) is 4.92. The zero-order valence-corrected chi connectivity index (χ0v) is 9.99. The molecule has 0 bridgehead atoms. The predicted octanol–water partition coefficient (Wildman–Crippen LogP) is 2.49. The fourth-order valence-electron chi connectivity index (χ4n) is 1.57. The van der Waals surface area contributed by atoms with Gasteiger partial charge in [0.05, 0.1) is 6.54 Å². The maximum atomic E-state index is 11.6. The first-order valence-corrected chi connectivity index (χ1v) is 5.71. The van der Waals surface area contributed by atoms with Crippen LogP contribution in [0.25, 0.3) is 0 Å². The SMILES string of the molecule is CC(C)=CCCCCC(=O)N1CCOC1=O. The number of carbonyl (C=O) groups excluding carboxylic acids is 2. The Morgan fingerprint density at radius 3 is 2.75 bits per heavy atom. The Balaban J connectivity index is 2.15. The quantitative estimate of drug-likeness (QED) is 0.533. The van der Waals surface area contributed by atoms with Gasteiger partial charge in [-0.3, -0.25) is 4.79 Å². The van der Waals surface area contributed by atoms with Gasteiger partial charge >= 0.3 is 6.09 Å². The summed E-state index contributed by atoms with van der Waals surface area (Å²) in [5.41, 5.74) is 1.30. The van der Waals surface area contributed by atoms with Crippen LogP contribution in [0.4, 0.5) is 4.79 Å². The zero-order chi connectivity index (χ0) is 12.0. The summed E-state index contributed by atoms with van der Waals surface area (Å²) in [7, 11) is 0. The average molecular weight is 225 g/mol. The standard InChI is InChI=1S/C12H19NO3/c1-10(2)6-4-3-5-7-11(14)13-8-9-16-12(13)15/h6H,3-5,7-9H2,1-2H3. The Hall–Kier alpha value is -1.32. The van der Waals surface area contributed by atoms with Crippen molar-refractivity contribution in [3.63, 3.8) is 0 Å². The molecule has 1 saturated heterocycles. The summed E-state index contributed by atoms with van der Waals surface area (Å²) in [4.78, 5) is 23.8. The van der Waals surface area contributed by atoms with Gasteiger partial charge in [0.25, 0.3) is 0 Å². The topological polar surface area (TPSA) is 46.6 Å². The summed E-state index contributed by atoms with van der Waals surface area (Å²) >= 11 is 0. The van der Waals surface area contributed by atoms with E-state index < -0.39 is 6.09 Å². The summed E-state index contributed by atoms with van der Waals surface area (Å²) in [6.45, 7) is 4.87. The minimum atomic E-state index is -0.491. The second-order valence-electron chi connectivity index (χ2n) is 4.19. The monoisotopic (exact) mass is 225 g/mol. The number of rotatable bonds is 5. The lowest BCUT2D eigenvalue weighted by Gasteiger charge is -2.09. The van der Waals surface area contributed by atoms with Gasteiger partial charge in [-0.2, -0.15) is 0 Å². The smallest absolute Gasteiger partial charge is 0.416 e. The van der Waals surface area contributed by atoms with Crippen LogP contribution in [0, 0.1) is 0 Å². The van der Waals surface area contributed by atoms with Crippen molar-refractivity contribution in [3.05, 3.63) is 11.6 Å². The molecule has 0 radical (unpaired) electrons. The average Bonchev–Trinajstić information content (AvgIpc) is 2.63. The molecule has 0 unspecified atom stereocenters. The van der Waals surface area contributed by atoms with E-state index >= 15 is 0 Å². The van der Waals surface area contributed by atoms with E-state index in [0.29, 0.717) is 19.6 Å². The van der Waals surface area contributed by atoms with Crippen LogP contribution in [0.3, 0.4) is 0 Å². The Morgan fingerprint density at radius 2 is 2.19 bits per heavy atom. The van der Waals surface area contributed by atoms with Gasteiger partial charge in [0.2, 0.25) is 5.91 Å². The van der Waals surface area contributed by atoms with Gasteiger partial charge in [0.1, 0.15) is 6.61 Å². The summed E-state index contributed by atoms with van der Waals surface area (Å²) in [6, 6.07) is 0. The molecule has 4 heteroatoms. The first-order valence-electron chi connectivity index (χ1n) is 5.71. The minimum Gasteiger partial charge on any atom is -0.447 e. The minimum absolute atomic E-state index is 0.111. The number of amides is 2. The van der Waals surface area contributed by atoms with Crippen molar-refractivity contribution in [1.29, 1.82) is 0 Å². The molecular formula is C12H19NO3. The normalized spacial score (nSPS) is 14.9.